The highest BCUT2D eigenvalue weighted by Crippen LogP contribution is 2.39. The van der Waals surface area contributed by atoms with Crippen LogP contribution in [0.5, 0.6) is 0 Å². The topological polar surface area (TPSA) is 80.1 Å². The van der Waals surface area contributed by atoms with E-state index in [0.717, 1.165) is 49.9 Å². The highest BCUT2D eigenvalue weighted by molar-refractivity contribution is 5.62. The Morgan fingerprint density at radius 2 is 1.93 bits per heavy atom. The van der Waals surface area contributed by atoms with Gasteiger partial charge in [-0.2, -0.15) is 13.2 Å². The van der Waals surface area contributed by atoms with Crippen LogP contribution >= 0.6 is 0 Å². The van der Waals surface area contributed by atoms with Gasteiger partial charge in [-0.1, -0.05) is 6.92 Å². The number of rotatable bonds is 3. The van der Waals surface area contributed by atoms with Gasteiger partial charge in [0.2, 0.25) is 0 Å². The van der Waals surface area contributed by atoms with Crippen molar-refractivity contribution in [2.24, 2.45) is 5.92 Å². The average Bonchev–Trinajstić information content (AvgIpc) is 3.20. The van der Waals surface area contributed by atoms with Crippen LogP contribution in [0.25, 0.3) is 11.3 Å². The molecule has 9 heteroatoms. The molecule has 3 aliphatic rings. The van der Waals surface area contributed by atoms with Gasteiger partial charge in [0.25, 0.3) is 0 Å². The number of ether oxygens (including phenoxy) is 1. The molecule has 1 saturated carbocycles. The molecule has 1 atom stereocenters. The fraction of sp³-hybridized carbons (Fsp3) is 0.600. The van der Waals surface area contributed by atoms with Gasteiger partial charge in [0, 0.05) is 24.2 Å². The molecule has 4 heterocycles. The van der Waals surface area contributed by atoms with Gasteiger partial charge in [-0.05, 0) is 37.8 Å². The monoisotopic (exact) mass is 409 g/mol. The number of H-pyrrole nitrogens is 1. The molecular weight excluding hydrogens is 383 g/mol. The van der Waals surface area contributed by atoms with Crippen molar-refractivity contribution in [2.45, 2.75) is 44.3 Å². The average molecular weight is 409 g/mol. The summed E-state index contributed by atoms with van der Waals surface area (Å²) in [7, 11) is 0. The zero-order valence-electron chi connectivity index (χ0n) is 16.4. The molecule has 29 heavy (non-hydrogen) atoms. The Morgan fingerprint density at radius 3 is 2.48 bits per heavy atom. The first-order valence-corrected chi connectivity index (χ1v) is 10.0. The van der Waals surface area contributed by atoms with Crippen LogP contribution in [0.2, 0.25) is 0 Å². The molecule has 0 bridgehead atoms. The van der Waals surface area contributed by atoms with Crippen LogP contribution in [0.4, 0.5) is 19.0 Å². The van der Waals surface area contributed by atoms with Crippen molar-refractivity contribution in [1.82, 2.24) is 19.9 Å². The Morgan fingerprint density at radius 1 is 1.17 bits per heavy atom. The maximum absolute atomic E-state index is 12.7. The van der Waals surface area contributed by atoms with E-state index in [1.54, 1.807) is 0 Å². The SMILES string of the molecule is CC1CCN(C2COC2)C1.Nc1ncc(-c2cnc(C3CC3)[nH]2)cc1C(F)(F)F. The third-order valence-corrected chi connectivity index (χ3v) is 5.69. The number of hydrogen-bond donors (Lipinski definition) is 2. The van der Waals surface area contributed by atoms with Crippen LogP contribution < -0.4 is 5.73 Å². The number of nitrogens with zero attached hydrogens (tertiary/aromatic N) is 3. The number of imidazole rings is 1. The van der Waals surface area contributed by atoms with Crippen molar-refractivity contribution in [1.29, 1.82) is 0 Å². The molecule has 0 aromatic carbocycles. The van der Waals surface area contributed by atoms with E-state index < -0.39 is 17.6 Å². The molecule has 3 N–H and O–H groups in total. The molecule has 2 saturated heterocycles. The van der Waals surface area contributed by atoms with Crippen LogP contribution in [0, 0.1) is 5.92 Å². The second-order valence-corrected chi connectivity index (χ2v) is 8.19. The third kappa shape index (κ3) is 4.72. The molecule has 6 nitrogen and oxygen atoms in total. The molecule has 1 aliphatic carbocycles. The maximum Gasteiger partial charge on any atom is 0.419 e. The summed E-state index contributed by atoms with van der Waals surface area (Å²) in [6.07, 6.45) is 1.86. The van der Waals surface area contributed by atoms with E-state index in [0.29, 0.717) is 17.2 Å². The highest BCUT2D eigenvalue weighted by atomic mass is 19.4. The van der Waals surface area contributed by atoms with Crippen molar-refractivity contribution in [3.05, 3.63) is 29.8 Å². The Kier molecular flexibility index (Phi) is 5.52. The molecule has 2 aromatic heterocycles. The first-order valence-electron chi connectivity index (χ1n) is 10.0. The maximum atomic E-state index is 12.7. The summed E-state index contributed by atoms with van der Waals surface area (Å²) in [4.78, 5) is 13.4. The molecule has 0 amide bonds. The van der Waals surface area contributed by atoms with E-state index in [2.05, 4.69) is 26.8 Å². The zero-order valence-corrected chi connectivity index (χ0v) is 16.4. The number of aromatic amines is 1. The van der Waals surface area contributed by atoms with E-state index in [9.17, 15) is 13.2 Å². The summed E-state index contributed by atoms with van der Waals surface area (Å²) in [6, 6.07) is 1.76. The molecule has 1 unspecified atom stereocenters. The molecule has 2 aliphatic heterocycles. The lowest BCUT2D eigenvalue weighted by atomic mass is 10.1. The molecular formula is C20H26F3N5O. The molecule has 0 radical (unpaired) electrons. The summed E-state index contributed by atoms with van der Waals surface area (Å²) in [5, 5.41) is 0. The molecule has 2 aromatic rings. The fourth-order valence-corrected chi connectivity index (χ4v) is 3.63. The normalized spacial score (nSPS) is 22.8. The molecule has 158 valence electrons. The summed E-state index contributed by atoms with van der Waals surface area (Å²) < 4.78 is 43.4. The van der Waals surface area contributed by atoms with Gasteiger partial charge in [0.15, 0.2) is 0 Å². The van der Waals surface area contributed by atoms with Crippen molar-refractivity contribution in [3.63, 3.8) is 0 Å². The summed E-state index contributed by atoms with van der Waals surface area (Å²) in [5.41, 5.74) is 5.20. The van der Waals surface area contributed by atoms with E-state index >= 15 is 0 Å². The minimum absolute atomic E-state index is 0.334. The number of aromatic nitrogens is 3. The van der Waals surface area contributed by atoms with Crippen molar-refractivity contribution < 1.29 is 17.9 Å². The van der Waals surface area contributed by atoms with Crippen LogP contribution in [0.3, 0.4) is 0 Å². The van der Waals surface area contributed by atoms with Gasteiger partial charge in [-0.15, -0.1) is 0 Å². The number of pyridine rings is 1. The van der Waals surface area contributed by atoms with Gasteiger partial charge in [-0.3, -0.25) is 4.90 Å². The zero-order chi connectivity index (χ0) is 20.6. The second-order valence-electron chi connectivity index (χ2n) is 8.19. The number of hydrogen-bond acceptors (Lipinski definition) is 5. The van der Waals surface area contributed by atoms with Gasteiger partial charge in [0.1, 0.15) is 11.6 Å². The largest absolute Gasteiger partial charge is 0.419 e. The first kappa shape index (κ1) is 20.2. The Bertz CT molecular complexity index is 845. The Balaban J connectivity index is 0.000000171. The van der Waals surface area contributed by atoms with Crippen LogP contribution in [0.1, 0.15) is 43.5 Å². The van der Waals surface area contributed by atoms with E-state index in [4.69, 9.17) is 10.5 Å². The fourth-order valence-electron chi connectivity index (χ4n) is 3.63. The lowest BCUT2D eigenvalue weighted by Crippen LogP contribution is -2.47. The van der Waals surface area contributed by atoms with Crippen molar-refractivity contribution in [2.75, 3.05) is 32.0 Å². The van der Waals surface area contributed by atoms with Crippen LogP contribution in [-0.2, 0) is 10.9 Å². The van der Waals surface area contributed by atoms with E-state index in [1.165, 1.54) is 31.9 Å². The Hall–Kier alpha value is -2.13. The van der Waals surface area contributed by atoms with Gasteiger partial charge >= 0.3 is 6.18 Å². The number of halogens is 3. The Labute approximate surface area is 167 Å². The standard InChI is InChI=1S/C12H11F3N4.C8H15NO/c13-12(14,15)8-3-7(4-17-10(8)16)9-5-18-11(19-9)6-1-2-6;1-7-2-3-9(4-7)8-5-10-6-8/h3-6H,1-2H2,(H2,16,17)(H,18,19);7-8H,2-6H2,1H3. The van der Waals surface area contributed by atoms with Crippen LogP contribution in [0.15, 0.2) is 18.5 Å². The lowest BCUT2D eigenvalue weighted by molar-refractivity contribution is -0.137. The molecule has 3 fully saturated rings. The smallest absolute Gasteiger partial charge is 0.383 e. The molecule has 5 rings (SSSR count). The number of nitrogens with one attached hydrogen (secondary N) is 1. The number of nitrogens with two attached hydrogens (primary N) is 1. The predicted octanol–water partition coefficient (Wildman–Crippen LogP) is 3.68. The van der Waals surface area contributed by atoms with Crippen LogP contribution in [-0.4, -0.2) is 52.2 Å². The van der Waals surface area contributed by atoms with Gasteiger partial charge in [0.05, 0.1) is 36.7 Å². The number of alkyl halides is 3. The molecule has 0 spiro atoms. The van der Waals surface area contributed by atoms with Crippen molar-refractivity contribution >= 4 is 5.82 Å². The number of likely N-dealkylation sites (tertiary alicyclic amines) is 1. The number of anilines is 1. The first-order chi connectivity index (χ1) is 13.8. The van der Waals surface area contributed by atoms with E-state index in [-0.39, 0.29) is 0 Å². The minimum Gasteiger partial charge on any atom is -0.383 e. The minimum atomic E-state index is -4.51. The van der Waals surface area contributed by atoms with Gasteiger partial charge in [-0.25, -0.2) is 9.97 Å². The number of nitrogen functional groups attached to an aromatic ring is 1. The summed E-state index contributed by atoms with van der Waals surface area (Å²) >= 11 is 0. The van der Waals surface area contributed by atoms with E-state index in [1.807, 2.05) is 0 Å². The summed E-state index contributed by atoms with van der Waals surface area (Å²) in [6.45, 7) is 6.89. The third-order valence-electron chi connectivity index (χ3n) is 5.69. The van der Waals surface area contributed by atoms with Gasteiger partial charge < -0.3 is 15.5 Å². The summed E-state index contributed by atoms with van der Waals surface area (Å²) in [5.74, 6) is 1.64. The quantitative estimate of drug-likeness (QED) is 0.809. The predicted molar refractivity (Wildman–Crippen MR) is 103 cm³/mol. The highest BCUT2D eigenvalue weighted by Gasteiger charge is 2.34. The second kappa shape index (κ2) is 7.95. The lowest BCUT2D eigenvalue weighted by Gasteiger charge is -2.34. The van der Waals surface area contributed by atoms with Crippen molar-refractivity contribution in [3.8, 4) is 11.3 Å².